The maximum Gasteiger partial charge on any atom is 0.247 e. The molecule has 0 bridgehead atoms. The predicted octanol–water partition coefficient (Wildman–Crippen LogP) is 2.33. The van der Waals surface area contributed by atoms with E-state index in [-0.39, 0.29) is 31.5 Å². The molecule has 1 fully saturated rings. The monoisotopic (exact) mass is 538 g/mol. The van der Waals surface area contributed by atoms with Crippen LogP contribution in [0.1, 0.15) is 59.5 Å². The number of rotatable bonds is 10. The Hall–Kier alpha value is -3.63. The molecule has 1 aromatic heterocycles. The van der Waals surface area contributed by atoms with Gasteiger partial charge in [-0.15, -0.1) is 0 Å². The molecule has 1 aliphatic heterocycles. The third-order valence-electron chi connectivity index (χ3n) is 7.96. The molecule has 2 aliphatic carbocycles. The summed E-state index contributed by atoms with van der Waals surface area (Å²) in [6, 6.07) is 4.07. The summed E-state index contributed by atoms with van der Waals surface area (Å²) in [7, 11) is 1.45. The number of nitrogens with zero attached hydrogens (tertiary/aromatic N) is 1. The Balaban J connectivity index is 1.56. The van der Waals surface area contributed by atoms with E-state index in [1.165, 1.54) is 13.4 Å². The minimum absolute atomic E-state index is 0.0333. The summed E-state index contributed by atoms with van der Waals surface area (Å²) in [5, 5.41) is 23.7. The van der Waals surface area contributed by atoms with Crippen LogP contribution in [0, 0.1) is 5.92 Å². The maximum atomic E-state index is 13.7. The Bertz CT molecular complexity index is 1230. The van der Waals surface area contributed by atoms with Crippen molar-refractivity contribution in [3.8, 4) is 11.5 Å². The summed E-state index contributed by atoms with van der Waals surface area (Å²) in [6.07, 6.45) is 7.84. The molecular weight excluding hydrogens is 504 g/mol. The van der Waals surface area contributed by atoms with Crippen LogP contribution < -0.4 is 14.8 Å². The molecule has 0 radical (unpaired) electrons. The fraction of sp³-hybridized carbons (Fsp3) is 0.483. The van der Waals surface area contributed by atoms with E-state index in [4.69, 9.17) is 13.9 Å². The number of amides is 2. The van der Waals surface area contributed by atoms with Gasteiger partial charge < -0.3 is 34.3 Å². The summed E-state index contributed by atoms with van der Waals surface area (Å²) >= 11 is 0. The van der Waals surface area contributed by atoms with Gasteiger partial charge in [0.05, 0.1) is 38.2 Å². The van der Waals surface area contributed by atoms with Crippen molar-refractivity contribution in [3.05, 3.63) is 59.1 Å². The highest BCUT2D eigenvalue weighted by molar-refractivity contribution is 5.96. The van der Waals surface area contributed by atoms with Crippen LogP contribution in [-0.2, 0) is 16.1 Å². The van der Waals surface area contributed by atoms with Gasteiger partial charge in [0, 0.05) is 41.8 Å². The fourth-order valence-electron chi connectivity index (χ4n) is 6.08. The lowest BCUT2D eigenvalue weighted by molar-refractivity contribution is -0.139. The number of aldehydes is 1. The second kappa shape index (κ2) is 11.6. The van der Waals surface area contributed by atoms with Gasteiger partial charge in [0.2, 0.25) is 11.8 Å². The Labute approximate surface area is 226 Å². The molecule has 39 heavy (non-hydrogen) atoms. The van der Waals surface area contributed by atoms with Crippen molar-refractivity contribution in [2.24, 2.45) is 5.92 Å². The van der Waals surface area contributed by atoms with Crippen molar-refractivity contribution >= 4 is 18.1 Å². The van der Waals surface area contributed by atoms with Gasteiger partial charge in [-0.1, -0.05) is 12.8 Å². The molecule has 3 aliphatic rings. The smallest absolute Gasteiger partial charge is 0.247 e. The standard InChI is InChI=1S/C29H34N2O8/c1-37-23-11-19(15-33)10-20-25-21(29(36)30-7-8-32)13-22(26(35)28(25)39-27(20)23)31(14-18-6-9-38-16-18)24(34)12-17-4-2-3-5-17/h6,9-11,13,15-17,22,25-26,28,32,35H,2-5,7-8,12,14H2,1H3,(H,30,36)/t22-,25+,26+,28+/m1/s1. The number of furan rings is 1. The number of methoxy groups -OCH3 is 1. The van der Waals surface area contributed by atoms with Gasteiger partial charge in [0.15, 0.2) is 11.5 Å². The van der Waals surface area contributed by atoms with Crippen LogP contribution in [0.2, 0.25) is 0 Å². The minimum Gasteiger partial charge on any atom is -0.493 e. The van der Waals surface area contributed by atoms with E-state index < -0.39 is 30.1 Å². The van der Waals surface area contributed by atoms with Gasteiger partial charge in [-0.25, -0.2) is 0 Å². The number of ether oxygens (including phenoxy) is 2. The first-order valence-electron chi connectivity index (χ1n) is 13.4. The lowest BCUT2D eigenvalue weighted by Crippen LogP contribution is -2.55. The lowest BCUT2D eigenvalue weighted by Gasteiger charge is -2.41. The van der Waals surface area contributed by atoms with Crippen LogP contribution in [0.15, 0.2) is 46.8 Å². The molecule has 0 saturated heterocycles. The summed E-state index contributed by atoms with van der Waals surface area (Å²) in [6.45, 7) is -0.0256. The van der Waals surface area contributed by atoms with Crippen LogP contribution in [0.3, 0.4) is 0 Å². The van der Waals surface area contributed by atoms with Gasteiger partial charge in [-0.2, -0.15) is 0 Å². The van der Waals surface area contributed by atoms with E-state index in [0.29, 0.717) is 40.9 Å². The molecule has 4 atom stereocenters. The normalized spacial score (nSPS) is 23.8. The summed E-state index contributed by atoms with van der Waals surface area (Å²) < 4.78 is 16.9. The van der Waals surface area contributed by atoms with E-state index in [2.05, 4.69) is 5.32 Å². The molecule has 0 unspecified atom stereocenters. The second-order valence-corrected chi connectivity index (χ2v) is 10.4. The number of nitrogens with one attached hydrogen (secondary N) is 1. The predicted molar refractivity (Wildman–Crippen MR) is 139 cm³/mol. The first kappa shape index (κ1) is 27.0. The number of carbonyl (C=O) groups excluding carboxylic acids is 3. The van der Waals surface area contributed by atoms with Crippen LogP contribution in [0.4, 0.5) is 0 Å². The highest BCUT2D eigenvalue weighted by Crippen LogP contribution is 2.51. The summed E-state index contributed by atoms with van der Waals surface area (Å²) in [5.41, 5.74) is 1.94. The van der Waals surface area contributed by atoms with Gasteiger partial charge in [-0.05, 0) is 43.0 Å². The van der Waals surface area contributed by atoms with Crippen LogP contribution in [-0.4, -0.2) is 71.7 Å². The average Bonchev–Trinajstić information content (AvgIpc) is 3.72. The lowest BCUT2D eigenvalue weighted by atomic mass is 9.77. The molecule has 2 aromatic rings. The minimum atomic E-state index is -1.18. The fourth-order valence-corrected chi connectivity index (χ4v) is 6.08. The van der Waals surface area contributed by atoms with Gasteiger partial charge in [0.1, 0.15) is 18.5 Å². The number of fused-ring (bicyclic) bond motifs is 3. The highest BCUT2D eigenvalue weighted by Gasteiger charge is 2.51. The van der Waals surface area contributed by atoms with E-state index in [9.17, 15) is 24.6 Å². The third kappa shape index (κ3) is 5.31. The molecule has 208 valence electrons. The van der Waals surface area contributed by atoms with Gasteiger partial charge >= 0.3 is 0 Å². The maximum absolute atomic E-state index is 13.7. The van der Waals surface area contributed by atoms with Crippen molar-refractivity contribution in [3.63, 3.8) is 0 Å². The van der Waals surface area contributed by atoms with Gasteiger partial charge in [0.25, 0.3) is 0 Å². The van der Waals surface area contributed by atoms with Crippen LogP contribution in [0.25, 0.3) is 0 Å². The molecular formula is C29H34N2O8. The number of carbonyl (C=O) groups is 3. The average molecular weight is 539 g/mol. The largest absolute Gasteiger partial charge is 0.493 e. The molecule has 2 heterocycles. The number of benzene rings is 1. The zero-order valence-corrected chi connectivity index (χ0v) is 21.9. The van der Waals surface area contributed by atoms with Crippen molar-refractivity contribution in [2.75, 3.05) is 20.3 Å². The first-order valence-corrected chi connectivity index (χ1v) is 13.4. The number of aliphatic hydroxyl groups is 2. The number of aliphatic hydroxyl groups excluding tert-OH is 2. The van der Waals surface area contributed by atoms with Crippen molar-refractivity contribution in [1.29, 1.82) is 0 Å². The van der Waals surface area contributed by atoms with Crippen LogP contribution in [0.5, 0.6) is 11.5 Å². The van der Waals surface area contributed by atoms with Crippen molar-refractivity contribution < 1.29 is 38.5 Å². The Morgan fingerprint density at radius 2 is 2.05 bits per heavy atom. The topological polar surface area (TPSA) is 139 Å². The Morgan fingerprint density at radius 1 is 1.26 bits per heavy atom. The zero-order valence-electron chi connectivity index (χ0n) is 21.9. The SMILES string of the molecule is COc1cc(C=O)cc2c1O[C@@H]1[C@@H](O)[C@H](N(Cc3ccoc3)C(=O)CC3CCCC3)C=C(C(=O)NCCO)[C@H]21. The number of hydrogen-bond acceptors (Lipinski definition) is 8. The second-order valence-electron chi connectivity index (χ2n) is 10.4. The highest BCUT2D eigenvalue weighted by atomic mass is 16.5. The van der Waals surface area contributed by atoms with E-state index in [1.807, 2.05) is 0 Å². The molecule has 5 rings (SSSR count). The molecule has 0 spiro atoms. The molecule has 3 N–H and O–H groups in total. The Kier molecular flexibility index (Phi) is 8.04. The van der Waals surface area contributed by atoms with Crippen LogP contribution >= 0.6 is 0 Å². The van der Waals surface area contributed by atoms with E-state index >= 15 is 0 Å². The molecule has 2 amide bonds. The first-order chi connectivity index (χ1) is 18.9. The molecule has 1 saturated carbocycles. The van der Waals surface area contributed by atoms with Crippen molar-refractivity contribution in [2.45, 2.75) is 62.8 Å². The van der Waals surface area contributed by atoms with E-state index in [1.54, 1.807) is 35.4 Å². The third-order valence-corrected chi connectivity index (χ3v) is 7.96. The summed E-state index contributed by atoms with van der Waals surface area (Å²) in [4.78, 5) is 40.4. The number of hydrogen-bond donors (Lipinski definition) is 3. The quantitative estimate of drug-likeness (QED) is 0.392. The van der Waals surface area contributed by atoms with Crippen molar-refractivity contribution in [1.82, 2.24) is 10.2 Å². The molecule has 10 nitrogen and oxygen atoms in total. The van der Waals surface area contributed by atoms with Gasteiger partial charge in [-0.3, -0.25) is 14.4 Å². The molecule has 10 heteroatoms. The van der Waals surface area contributed by atoms with E-state index in [0.717, 1.165) is 31.2 Å². The molecule has 1 aromatic carbocycles. The summed E-state index contributed by atoms with van der Waals surface area (Å²) in [5.74, 6) is -0.331. The zero-order chi connectivity index (χ0) is 27.5. The Morgan fingerprint density at radius 3 is 2.72 bits per heavy atom.